The van der Waals surface area contributed by atoms with Crippen molar-refractivity contribution >= 4 is 11.6 Å². The van der Waals surface area contributed by atoms with Crippen molar-refractivity contribution < 1.29 is 38.7 Å². The van der Waals surface area contributed by atoms with Gasteiger partial charge in [-0.15, -0.1) is 0 Å². The Kier molecular flexibility index (Phi) is 7.22. The number of hydrogen-bond acceptors (Lipinski definition) is 10. The zero-order valence-corrected chi connectivity index (χ0v) is 28.7. The number of allylic oxidation sites excluding steroid dienone is 1. The Hall–Kier alpha value is -3.60. The van der Waals surface area contributed by atoms with E-state index < -0.39 is 16.9 Å². The predicted molar refractivity (Wildman–Crippen MR) is 178 cm³/mol. The fourth-order valence-corrected chi connectivity index (χ4v) is 11.1. The minimum atomic E-state index is -0.578. The van der Waals surface area contributed by atoms with Crippen LogP contribution in [0.5, 0.6) is 23.0 Å². The first-order chi connectivity index (χ1) is 23.0. The van der Waals surface area contributed by atoms with Crippen molar-refractivity contribution in [2.45, 2.75) is 74.0 Å². The number of ketones is 2. The van der Waals surface area contributed by atoms with Crippen LogP contribution in [0.4, 0.5) is 0 Å². The van der Waals surface area contributed by atoms with Gasteiger partial charge in [0.15, 0.2) is 40.3 Å². The van der Waals surface area contributed by atoms with Gasteiger partial charge in [0, 0.05) is 71.0 Å². The maximum Gasteiger partial charge on any atom is 0.197 e. The smallest absolute Gasteiger partial charge is 0.197 e. The van der Waals surface area contributed by atoms with Crippen LogP contribution >= 0.6 is 0 Å². The van der Waals surface area contributed by atoms with Gasteiger partial charge in [0.2, 0.25) is 0 Å². The first-order valence-corrected chi connectivity index (χ1v) is 17.2. The molecular formula is C38H46N2O8. The lowest BCUT2D eigenvalue weighted by molar-refractivity contribution is -0.141. The molecule has 3 fully saturated rings. The highest BCUT2D eigenvalue weighted by molar-refractivity contribution is 5.96. The minimum absolute atomic E-state index is 0.000285. The third kappa shape index (κ3) is 4.02. The van der Waals surface area contributed by atoms with Gasteiger partial charge in [0.1, 0.15) is 6.10 Å². The Balaban J connectivity index is 1.33. The monoisotopic (exact) mass is 658 g/mol. The van der Waals surface area contributed by atoms with Gasteiger partial charge in [-0.2, -0.15) is 0 Å². The number of fused-ring (bicyclic) bond motifs is 2. The van der Waals surface area contributed by atoms with Crippen LogP contribution in [0.25, 0.3) is 11.1 Å². The molecule has 10 heteroatoms. The maximum absolute atomic E-state index is 13.4. The van der Waals surface area contributed by atoms with E-state index in [2.05, 4.69) is 36.0 Å². The number of Topliss-reactive ketones (excluding diaryl/α,β-unsaturated/α-hetero) is 2. The quantitative estimate of drug-likeness (QED) is 0.490. The van der Waals surface area contributed by atoms with Crippen LogP contribution in [-0.2, 0) is 42.7 Å². The zero-order valence-electron chi connectivity index (χ0n) is 28.7. The number of likely N-dealkylation sites (N-methyl/N-ethyl adjacent to an activating group) is 2. The van der Waals surface area contributed by atoms with Gasteiger partial charge in [-0.25, -0.2) is 0 Å². The molecule has 8 rings (SSSR count). The first-order valence-electron chi connectivity index (χ1n) is 17.2. The summed E-state index contributed by atoms with van der Waals surface area (Å²) in [7, 11) is 10.5. The standard InChI is InChI=1S/C38H46N2O8/c1-39-9-7-37-17-27(41)29(45-3)15-23(37)25(39)13-19-11-21(35(47-5)33(43)31(19)37)22-12-20-14-26-24-16-30(46-4)28(42)18-38(24,8-10-40(26)2)32(20)34(44)36(22)48-6/h11-12,15,23-26,30,43-44H,7-10,13-14,16-18H2,1-6H3/t23-,24-,25+,26+,30?,37-,38-/m0/s1. The van der Waals surface area contributed by atoms with Gasteiger partial charge in [0.05, 0.1) is 21.3 Å². The van der Waals surface area contributed by atoms with Gasteiger partial charge in [-0.05, 0) is 94.5 Å². The molecule has 6 aliphatic rings. The second-order valence-electron chi connectivity index (χ2n) is 15.1. The SMILES string of the molecule is COC1=C[C@H]2[C@H]3Cc4cc(-c5cc6c(c(O)c5OC)[C@]57CCN(C)[C@H](C6)[C@@H]5CC(OC)C(=O)C7)c(OC)c(O)c4[C@@]2(CCN3C)CC1=O. The van der Waals surface area contributed by atoms with E-state index in [9.17, 15) is 19.8 Å². The van der Waals surface area contributed by atoms with Crippen LogP contribution in [0.1, 0.15) is 54.4 Å². The summed E-state index contributed by atoms with van der Waals surface area (Å²) in [4.78, 5) is 31.5. The highest BCUT2D eigenvalue weighted by Crippen LogP contribution is 2.63. The molecule has 1 saturated carbocycles. The maximum atomic E-state index is 13.4. The molecule has 2 heterocycles. The average Bonchev–Trinajstić information content (AvgIpc) is 3.06. The number of aromatic hydroxyl groups is 2. The summed E-state index contributed by atoms with van der Waals surface area (Å²) in [6, 6.07) is 4.47. The molecule has 0 aromatic heterocycles. The summed E-state index contributed by atoms with van der Waals surface area (Å²) >= 11 is 0. The number of ether oxygens (including phenoxy) is 4. The number of rotatable bonds is 5. The van der Waals surface area contributed by atoms with Gasteiger partial charge >= 0.3 is 0 Å². The predicted octanol–water partition coefficient (Wildman–Crippen LogP) is 3.89. The summed E-state index contributed by atoms with van der Waals surface area (Å²) in [6.07, 6.45) is 5.61. The normalized spacial score (nSPS) is 34.0. The lowest BCUT2D eigenvalue weighted by Crippen LogP contribution is -2.63. The number of carbonyl (C=O) groups is 2. The van der Waals surface area contributed by atoms with E-state index in [1.165, 1.54) is 0 Å². The molecule has 0 spiro atoms. The van der Waals surface area contributed by atoms with E-state index >= 15 is 0 Å². The van der Waals surface area contributed by atoms with Crippen molar-refractivity contribution in [3.05, 3.63) is 46.2 Å². The number of carbonyl (C=O) groups excluding carboxylic acids is 2. The zero-order chi connectivity index (χ0) is 33.9. The molecule has 2 N–H and O–H groups in total. The van der Waals surface area contributed by atoms with Crippen molar-refractivity contribution in [1.82, 2.24) is 9.80 Å². The molecule has 48 heavy (non-hydrogen) atoms. The van der Waals surface area contributed by atoms with Crippen LogP contribution in [0, 0.1) is 11.8 Å². The number of nitrogens with zero attached hydrogens (tertiary/aromatic N) is 2. The molecule has 4 aliphatic carbocycles. The number of phenolic OH excluding ortho intramolecular Hbond substituents is 2. The van der Waals surface area contributed by atoms with Gasteiger partial charge in [-0.3, -0.25) is 9.59 Å². The topological polar surface area (TPSA) is 118 Å². The van der Waals surface area contributed by atoms with Crippen LogP contribution in [0.15, 0.2) is 24.0 Å². The Morgan fingerprint density at radius 3 is 1.92 bits per heavy atom. The number of likely N-dealkylation sites (tertiary alicyclic amines) is 2. The number of benzene rings is 2. The van der Waals surface area contributed by atoms with Crippen molar-refractivity contribution in [3.8, 4) is 34.1 Å². The third-order valence-corrected chi connectivity index (χ3v) is 13.3. The highest BCUT2D eigenvalue weighted by atomic mass is 16.5. The summed E-state index contributed by atoms with van der Waals surface area (Å²) in [5, 5.41) is 24.4. The fourth-order valence-electron chi connectivity index (χ4n) is 11.1. The molecule has 2 saturated heterocycles. The van der Waals surface area contributed by atoms with Crippen molar-refractivity contribution in [3.63, 3.8) is 0 Å². The van der Waals surface area contributed by atoms with E-state index in [0.717, 1.165) is 48.2 Å². The Morgan fingerprint density at radius 1 is 0.771 bits per heavy atom. The van der Waals surface area contributed by atoms with E-state index in [1.54, 1.807) is 28.4 Å². The molecule has 2 aliphatic heterocycles. The summed E-state index contributed by atoms with van der Waals surface area (Å²) in [5.41, 5.74) is 3.74. The summed E-state index contributed by atoms with van der Waals surface area (Å²) < 4.78 is 23.2. The van der Waals surface area contributed by atoms with Crippen LogP contribution in [-0.4, -0.2) is 105 Å². The van der Waals surface area contributed by atoms with E-state index in [4.69, 9.17) is 18.9 Å². The molecule has 0 amide bonds. The highest BCUT2D eigenvalue weighted by Gasteiger charge is 2.60. The van der Waals surface area contributed by atoms with Crippen molar-refractivity contribution in [2.24, 2.45) is 11.8 Å². The fraction of sp³-hybridized carbons (Fsp3) is 0.579. The number of hydrogen-bond donors (Lipinski definition) is 2. The molecule has 0 radical (unpaired) electrons. The molecule has 1 unspecified atom stereocenters. The van der Waals surface area contributed by atoms with Gasteiger partial charge in [0.25, 0.3) is 0 Å². The average molecular weight is 659 g/mol. The lowest BCUT2D eigenvalue weighted by Gasteiger charge is -2.58. The van der Waals surface area contributed by atoms with Gasteiger partial charge < -0.3 is 39.0 Å². The molecule has 7 atom stereocenters. The molecule has 4 bridgehead atoms. The molecular weight excluding hydrogens is 612 g/mol. The second-order valence-corrected chi connectivity index (χ2v) is 15.1. The van der Waals surface area contributed by atoms with E-state index in [1.807, 2.05) is 6.08 Å². The van der Waals surface area contributed by atoms with E-state index in [-0.39, 0.29) is 53.4 Å². The largest absolute Gasteiger partial charge is 0.504 e. The van der Waals surface area contributed by atoms with Crippen LogP contribution < -0.4 is 9.47 Å². The molecule has 2 aromatic carbocycles. The summed E-state index contributed by atoms with van der Waals surface area (Å²) in [6.45, 7) is 1.65. The number of piperidine rings is 2. The molecule has 256 valence electrons. The van der Waals surface area contributed by atoms with E-state index in [0.29, 0.717) is 54.1 Å². The van der Waals surface area contributed by atoms with Gasteiger partial charge in [-0.1, -0.05) is 0 Å². The molecule has 10 nitrogen and oxygen atoms in total. The third-order valence-electron chi connectivity index (χ3n) is 13.3. The first kappa shape index (κ1) is 31.7. The number of phenols is 2. The Labute approximate surface area is 281 Å². The van der Waals surface area contributed by atoms with Crippen LogP contribution in [0.2, 0.25) is 0 Å². The van der Waals surface area contributed by atoms with Crippen molar-refractivity contribution in [2.75, 3.05) is 55.6 Å². The minimum Gasteiger partial charge on any atom is -0.504 e. The van der Waals surface area contributed by atoms with Crippen molar-refractivity contribution in [1.29, 1.82) is 0 Å². The Morgan fingerprint density at radius 2 is 1.33 bits per heavy atom. The lowest BCUT2D eigenvalue weighted by atomic mass is 9.51. The summed E-state index contributed by atoms with van der Waals surface area (Å²) in [5.74, 6) is 1.28. The molecule has 2 aromatic rings. The number of methoxy groups -OCH3 is 4. The second kappa shape index (κ2) is 11.0. The van der Waals surface area contributed by atoms with Crippen LogP contribution in [0.3, 0.4) is 0 Å². The Bertz CT molecular complexity index is 1770.